The maximum absolute atomic E-state index is 11.8. The van der Waals surface area contributed by atoms with Crippen molar-refractivity contribution in [1.29, 1.82) is 0 Å². The highest BCUT2D eigenvalue weighted by Crippen LogP contribution is 1.99. The van der Waals surface area contributed by atoms with Crippen molar-refractivity contribution in [2.45, 2.75) is 12.6 Å². The van der Waals surface area contributed by atoms with Crippen molar-refractivity contribution in [3.63, 3.8) is 0 Å². The summed E-state index contributed by atoms with van der Waals surface area (Å²) in [7, 11) is 1.78. The van der Waals surface area contributed by atoms with Crippen LogP contribution in [0.3, 0.4) is 0 Å². The van der Waals surface area contributed by atoms with Gasteiger partial charge in [0.25, 0.3) is 0 Å². The molecule has 0 aromatic carbocycles. The van der Waals surface area contributed by atoms with E-state index in [1.54, 1.807) is 11.9 Å². The molecule has 1 aromatic heterocycles. The highest BCUT2D eigenvalue weighted by molar-refractivity contribution is 5.75. The Labute approximate surface area is 99.8 Å². The lowest BCUT2D eigenvalue weighted by Crippen LogP contribution is -2.46. The van der Waals surface area contributed by atoms with Crippen molar-refractivity contribution in [2.24, 2.45) is 0 Å². The first-order chi connectivity index (χ1) is 8.25. The number of aromatic nitrogens is 3. The lowest BCUT2D eigenvalue weighted by Gasteiger charge is -2.28. The van der Waals surface area contributed by atoms with Crippen LogP contribution in [0.5, 0.6) is 0 Å². The first-order valence-electron chi connectivity index (χ1n) is 5.64. The number of carbonyl (C=O) groups excluding carboxylic acids is 1. The largest absolute Gasteiger partial charge is 0.374 e. The molecule has 1 fully saturated rings. The fraction of sp³-hybridized carbons (Fsp3) is 0.700. The highest BCUT2D eigenvalue weighted by atomic mass is 16.5. The first-order valence-corrected chi connectivity index (χ1v) is 5.64. The van der Waals surface area contributed by atoms with E-state index in [-0.39, 0.29) is 18.6 Å². The van der Waals surface area contributed by atoms with Gasteiger partial charge in [0.15, 0.2) is 0 Å². The minimum Gasteiger partial charge on any atom is -0.374 e. The molecule has 94 valence electrons. The zero-order valence-corrected chi connectivity index (χ0v) is 9.87. The van der Waals surface area contributed by atoms with Crippen LogP contribution in [-0.2, 0) is 16.1 Å². The SMILES string of the molecule is CN(CC1CNCCO1)C(=O)Cn1cncn1. The molecule has 1 aromatic rings. The zero-order chi connectivity index (χ0) is 12.1. The molecule has 2 rings (SSSR count). The van der Waals surface area contributed by atoms with Crippen molar-refractivity contribution >= 4 is 5.91 Å². The van der Waals surface area contributed by atoms with E-state index in [0.29, 0.717) is 13.2 Å². The van der Waals surface area contributed by atoms with Crippen LogP contribution in [0.25, 0.3) is 0 Å². The van der Waals surface area contributed by atoms with Crippen molar-refractivity contribution in [3.05, 3.63) is 12.7 Å². The second-order valence-corrected chi connectivity index (χ2v) is 4.06. The third-order valence-corrected chi connectivity index (χ3v) is 2.67. The smallest absolute Gasteiger partial charge is 0.244 e. The predicted octanol–water partition coefficient (Wildman–Crippen LogP) is -1.28. The Morgan fingerprint density at radius 2 is 2.59 bits per heavy atom. The Morgan fingerprint density at radius 3 is 3.24 bits per heavy atom. The van der Waals surface area contributed by atoms with E-state index in [4.69, 9.17) is 4.74 Å². The normalized spacial score (nSPS) is 20.2. The molecule has 1 saturated heterocycles. The Hall–Kier alpha value is -1.47. The highest BCUT2D eigenvalue weighted by Gasteiger charge is 2.18. The van der Waals surface area contributed by atoms with Gasteiger partial charge in [0.1, 0.15) is 19.2 Å². The van der Waals surface area contributed by atoms with Crippen LogP contribution in [0.15, 0.2) is 12.7 Å². The summed E-state index contributed by atoms with van der Waals surface area (Å²) >= 11 is 0. The third kappa shape index (κ3) is 3.50. The number of hydrogen-bond donors (Lipinski definition) is 1. The Kier molecular flexibility index (Phi) is 4.05. The summed E-state index contributed by atoms with van der Waals surface area (Å²) < 4.78 is 7.06. The van der Waals surface area contributed by atoms with Crippen LogP contribution >= 0.6 is 0 Å². The molecule has 1 amide bonds. The van der Waals surface area contributed by atoms with Gasteiger partial charge in [-0.1, -0.05) is 0 Å². The van der Waals surface area contributed by atoms with Crippen LogP contribution < -0.4 is 5.32 Å². The molecule has 1 aliphatic heterocycles. The average Bonchev–Trinajstić information content (AvgIpc) is 2.83. The molecule has 2 heterocycles. The van der Waals surface area contributed by atoms with Gasteiger partial charge in [-0.25, -0.2) is 9.67 Å². The second kappa shape index (κ2) is 5.74. The van der Waals surface area contributed by atoms with Gasteiger partial charge < -0.3 is 15.0 Å². The molecule has 0 spiro atoms. The van der Waals surface area contributed by atoms with Gasteiger partial charge in [0, 0.05) is 26.7 Å². The van der Waals surface area contributed by atoms with Crippen LogP contribution in [0.1, 0.15) is 0 Å². The van der Waals surface area contributed by atoms with E-state index < -0.39 is 0 Å². The van der Waals surface area contributed by atoms with E-state index in [2.05, 4.69) is 15.4 Å². The topological polar surface area (TPSA) is 72.3 Å². The van der Waals surface area contributed by atoms with E-state index in [9.17, 15) is 4.79 Å². The fourth-order valence-electron chi connectivity index (χ4n) is 1.72. The number of amides is 1. The Balaban J connectivity index is 1.78. The Bertz CT molecular complexity index is 348. The van der Waals surface area contributed by atoms with Crippen molar-refractivity contribution in [1.82, 2.24) is 25.0 Å². The molecule has 0 saturated carbocycles. The molecule has 1 atom stereocenters. The van der Waals surface area contributed by atoms with Crippen molar-refractivity contribution in [3.8, 4) is 0 Å². The van der Waals surface area contributed by atoms with Gasteiger partial charge in [-0.05, 0) is 0 Å². The fourth-order valence-corrected chi connectivity index (χ4v) is 1.72. The van der Waals surface area contributed by atoms with Gasteiger partial charge in [-0.15, -0.1) is 0 Å². The summed E-state index contributed by atoms with van der Waals surface area (Å²) in [6.45, 7) is 3.20. The van der Waals surface area contributed by atoms with Crippen molar-refractivity contribution in [2.75, 3.05) is 33.3 Å². The molecule has 7 nitrogen and oxygen atoms in total. The number of hydrogen-bond acceptors (Lipinski definition) is 5. The van der Waals surface area contributed by atoms with Gasteiger partial charge in [0.2, 0.25) is 5.91 Å². The van der Waals surface area contributed by atoms with Crippen LogP contribution in [0, 0.1) is 0 Å². The number of carbonyl (C=O) groups is 1. The van der Waals surface area contributed by atoms with Crippen LogP contribution in [0.4, 0.5) is 0 Å². The summed E-state index contributed by atoms with van der Waals surface area (Å²) in [5, 5.41) is 7.13. The number of ether oxygens (including phenoxy) is 1. The monoisotopic (exact) mass is 239 g/mol. The summed E-state index contributed by atoms with van der Waals surface area (Å²) in [5.41, 5.74) is 0. The second-order valence-electron chi connectivity index (χ2n) is 4.06. The molecule has 1 unspecified atom stereocenters. The third-order valence-electron chi connectivity index (χ3n) is 2.67. The molecule has 0 bridgehead atoms. The number of likely N-dealkylation sites (N-methyl/N-ethyl adjacent to an activating group) is 1. The van der Waals surface area contributed by atoms with E-state index >= 15 is 0 Å². The average molecular weight is 239 g/mol. The number of morpholine rings is 1. The number of nitrogens with one attached hydrogen (secondary N) is 1. The summed E-state index contributed by atoms with van der Waals surface area (Å²) in [4.78, 5) is 17.3. The van der Waals surface area contributed by atoms with E-state index in [0.717, 1.165) is 13.1 Å². The molecule has 1 N–H and O–H groups in total. The van der Waals surface area contributed by atoms with Crippen LogP contribution in [0.2, 0.25) is 0 Å². The zero-order valence-electron chi connectivity index (χ0n) is 9.87. The van der Waals surface area contributed by atoms with Gasteiger partial charge in [-0.2, -0.15) is 5.10 Å². The van der Waals surface area contributed by atoms with Gasteiger partial charge >= 0.3 is 0 Å². The molecule has 7 heteroatoms. The molecule has 0 aliphatic carbocycles. The number of nitrogens with zero attached hydrogens (tertiary/aromatic N) is 4. The van der Waals surface area contributed by atoms with Crippen molar-refractivity contribution < 1.29 is 9.53 Å². The van der Waals surface area contributed by atoms with Gasteiger partial charge in [-0.3, -0.25) is 4.79 Å². The summed E-state index contributed by atoms with van der Waals surface area (Å²) in [5.74, 6) is 0.00433. The quantitative estimate of drug-likeness (QED) is 0.709. The summed E-state index contributed by atoms with van der Waals surface area (Å²) in [6, 6.07) is 0. The maximum Gasteiger partial charge on any atom is 0.244 e. The lowest BCUT2D eigenvalue weighted by molar-refractivity contribution is -0.132. The summed E-state index contributed by atoms with van der Waals surface area (Å²) in [6.07, 6.45) is 3.03. The lowest BCUT2D eigenvalue weighted by atomic mass is 10.3. The predicted molar refractivity (Wildman–Crippen MR) is 60.3 cm³/mol. The minimum absolute atomic E-state index is 0.00433. The number of rotatable bonds is 4. The van der Waals surface area contributed by atoms with E-state index in [1.807, 2.05) is 0 Å². The van der Waals surface area contributed by atoms with E-state index in [1.165, 1.54) is 17.3 Å². The van der Waals surface area contributed by atoms with Crippen LogP contribution in [-0.4, -0.2) is 65.0 Å². The van der Waals surface area contributed by atoms with Gasteiger partial charge in [0.05, 0.1) is 12.7 Å². The minimum atomic E-state index is 0.00433. The molecular weight excluding hydrogens is 222 g/mol. The Morgan fingerprint density at radius 1 is 1.71 bits per heavy atom. The first kappa shape index (κ1) is 12.0. The standard InChI is InChI=1S/C10H17N5O2/c1-14(5-9-4-11-2-3-17-9)10(16)6-15-8-12-7-13-15/h7-9,11H,2-6H2,1H3. The molecule has 1 aliphatic rings. The molecular formula is C10H17N5O2. The maximum atomic E-state index is 11.8. The molecule has 17 heavy (non-hydrogen) atoms. The molecule has 0 radical (unpaired) electrons.